The molecule has 1 aromatic carbocycles. The Kier molecular flexibility index (Phi) is 4.75. The molecular formula is C12H18FN3O. The molecular weight excluding hydrogens is 221 g/mol. The first-order chi connectivity index (χ1) is 8.04. The second kappa shape index (κ2) is 6.08. The lowest BCUT2D eigenvalue weighted by Crippen LogP contribution is -2.38. The number of halogens is 1. The molecule has 0 spiro atoms. The summed E-state index contributed by atoms with van der Waals surface area (Å²) in [6.07, 6.45) is 0.870. The molecule has 0 heterocycles. The minimum Gasteiger partial charge on any atom is -0.399 e. The van der Waals surface area contributed by atoms with Gasteiger partial charge >= 0.3 is 0 Å². The maximum atomic E-state index is 13.5. The Morgan fingerprint density at radius 2 is 2.24 bits per heavy atom. The fourth-order valence-corrected chi connectivity index (χ4v) is 1.35. The number of carbonyl (C=O) groups is 1. The van der Waals surface area contributed by atoms with Crippen LogP contribution in [0, 0.1) is 5.82 Å². The largest absolute Gasteiger partial charge is 0.399 e. The van der Waals surface area contributed by atoms with Crippen LogP contribution in [-0.2, 0) is 4.79 Å². The van der Waals surface area contributed by atoms with Gasteiger partial charge in [-0.3, -0.25) is 4.79 Å². The molecule has 1 atom stereocenters. The zero-order valence-corrected chi connectivity index (χ0v) is 10.1. The number of amides is 1. The van der Waals surface area contributed by atoms with E-state index in [4.69, 9.17) is 5.73 Å². The minimum atomic E-state index is -0.486. The van der Waals surface area contributed by atoms with E-state index in [0.717, 1.165) is 6.42 Å². The summed E-state index contributed by atoms with van der Waals surface area (Å²) in [5.41, 5.74) is 6.07. The molecule has 0 aromatic heterocycles. The molecule has 0 radical (unpaired) electrons. The second-order valence-corrected chi connectivity index (χ2v) is 3.90. The van der Waals surface area contributed by atoms with Crippen molar-refractivity contribution in [1.82, 2.24) is 5.32 Å². The number of hydrogen-bond acceptors (Lipinski definition) is 3. The van der Waals surface area contributed by atoms with E-state index in [-0.39, 0.29) is 11.6 Å². The lowest BCUT2D eigenvalue weighted by atomic mass is 10.2. The molecule has 0 saturated heterocycles. The maximum Gasteiger partial charge on any atom is 0.242 e. The molecule has 0 aliphatic carbocycles. The van der Waals surface area contributed by atoms with Crippen molar-refractivity contribution >= 4 is 17.3 Å². The fraction of sp³-hybridized carbons (Fsp3) is 0.417. The van der Waals surface area contributed by atoms with Crippen molar-refractivity contribution in [2.45, 2.75) is 26.3 Å². The average Bonchev–Trinajstić information content (AvgIpc) is 2.29. The van der Waals surface area contributed by atoms with Gasteiger partial charge in [-0.15, -0.1) is 0 Å². The summed E-state index contributed by atoms with van der Waals surface area (Å²) in [4.78, 5) is 11.6. The summed E-state index contributed by atoms with van der Waals surface area (Å²) in [5, 5.41) is 5.54. The van der Waals surface area contributed by atoms with Crippen LogP contribution in [-0.4, -0.2) is 18.5 Å². The molecule has 5 heteroatoms. The van der Waals surface area contributed by atoms with Gasteiger partial charge in [0.2, 0.25) is 5.91 Å². The number of benzene rings is 1. The standard InChI is InChI=1S/C12H18FN3O/c1-3-6-15-12(17)8(2)16-11-5-4-9(14)7-10(11)13/h4-5,7-8,16H,3,6,14H2,1-2H3,(H,15,17). The van der Waals surface area contributed by atoms with Crippen LogP contribution < -0.4 is 16.4 Å². The highest BCUT2D eigenvalue weighted by Crippen LogP contribution is 2.17. The first-order valence-corrected chi connectivity index (χ1v) is 5.64. The van der Waals surface area contributed by atoms with Crippen LogP contribution >= 0.6 is 0 Å². The van der Waals surface area contributed by atoms with E-state index in [1.807, 2.05) is 6.92 Å². The third-order valence-corrected chi connectivity index (χ3v) is 2.31. The first kappa shape index (κ1) is 13.3. The number of carbonyl (C=O) groups excluding carboxylic acids is 1. The Morgan fingerprint density at radius 1 is 1.53 bits per heavy atom. The van der Waals surface area contributed by atoms with Gasteiger partial charge in [-0.05, 0) is 31.5 Å². The van der Waals surface area contributed by atoms with Crippen molar-refractivity contribution in [3.05, 3.63) is 24.0 Å². The first-order valence-electron chi connectivity index (χ1n) is 5.64. The van der Waals surface area contributed by atoms with Gasteiger partial charge in [0.05, 0.1) is 5.69 Å². The monoisotopic (exact) mass is 239 g/mol. The molecule has 1 aromatic rings. The van der Waals surface area contributed by atoms with Crippen LogP contribution in [0.15, 0.2) is 18.2 Å². The smallest absolute Gasteiger partial charge is 0.242 e. The van der Waals surface area contributed by atoms with Crippen molar-refractivity contribution in [2.75, 3.05) is 17.6 Å². The Hall–Kier alpha value is -1.78. The number of rotatable bonds is 5. The van der Waals surface area contributed by atoms with Gasteiger partial charge in [-0.1, -0.05) is 6.92 Å². The zero-order valence-electron chi connectivity index (χ0n) is 10.1. The predicted octanol–water partition coefficient (Wildman–Crippen LogP) is 1.73. The lowest BCUT2D eigenvalue weighted by molar-refractivity contribution is -0.121. The second-order valence-electron chi connectivity index (χ2n) is 3.90. The summed E-state index contributed by atoms with van der Waals surface area (Å²) in [7, 11) is 0. The third kappa shape index (κ3) is 3.94. The van der Waals surface area contributed by atoms with E-state index in [9.17, 15) is 9.18 Å². The summed E-state index contributed by atoms with van der Waals surface area (Å²) in [5.74, 6) is -0.608. The van der Waals surface area contributed by atoms with Gasteiger partial charge < -0.3 is 16.4 Å². The molecule has 4 N–H and O–H groups in total. The maximum absolute atomic E-state index is 13.5. The Balaban J connectivity index is 2.61. The summed E-state index contributed by atoms with van der Waals surface area (Å²) < 4.78 is 13.5. The molecule has 0 aliphatic rings. The molecule has 4 nitrogen and oxygen atoms in total. The Morgan fingerprint density at radius 3 is 2.82 bits per heavy atom. The van der Waals surface area contributed by atoms with Gasteiger partial charge in [0.15, 0.2) is 0 Å². The highest BCUT2D eigenvalue weighted by molar-refractivity contribution is 5.84. The highest BCUT2D eigenvalue weighted by atomic mass is 19.1. The van der Waals surface area contributed by atoms with Gasteiger partial charge in [-0.2, -0.15) is 0 Å². The van der Waals surface area contributed by atoms with Crippen molar-refractivity contribution in [2.24, 2.45) is 0 Å². The average molecular weight is 239 g/mol. The Labute approximate surface area is 100 Å². The number of nitrogens with one attached hydrogen (secondary N) is 2. The van der Waals surface area contributed by atoms with Crippen LogP contribution in [0.5, 0.6) is 0 Å². The van der Waals surface area contributed by atoms with Crippen molar-refractivity contribution in [1.29, 1.82) is 0 Å². The molecule has 0 bridgehead atoms. The highest BCUT2D eigenvalue weighted by Gasteiger charge is 2.13. The molecule has 1 amide bonds. The molecule has 0 saturated carbocycles. The number of anilines is 2. The lowest BCUT2D eigenvalue weighted by Gasteiger charge is -2.15. The van der Waals surface area contributed by atoms with Crippen molar-refractivity contribution < 1.29 is 9.18 Å². The van der Waals surface area contributed by atoms with Crippen LogP contribution in [0.2, 0.25) is 0 Å². The third-order valence-electron chi connectivity index (χ3n) is 2.31. The number of hydrogen-bond donors (Lipinski definition) is 3. The summed E-state index contributed by atoms with van der Waals surface area (Å²) in [6, 6.07) is 3.84. The fourth-order valence-electron chi connectivity index (χ4n) is 1.35. The van der Waals surface area contributed by atoms with E-state index >= 15 is 0 Å². The molecule has 1 unspecified atom stereocenters. The van der Waals surface area contributed by atoms with Gasteiger partial charge in [0.1, 0.15) is 11.9 Å². The van der Waals surface area contributed by atoms with E-state index in [2.05, 4.69) is 10.6 Å². The van der Waals surface area contributed by atoms with Crippen LogP contribution in [0.25, 0.3) is 0 Å². The topological polar surface area (TPSA) is 67.2 Å². The van der Waals surface area contributed by atoms with Crippen molar-refractivity contribution in [3.63, 3.8) is 0 Å². The van der Waals surface area contributed by atoms with Gasteiger partial charge in [0, 0.05) is 12.2 Å². The van der Waals surface area contributed by atoms with Crippen LogP contribution in [0.3, 0.4) is 0 Å². The quantitative estimate of drug-likeness (QED) is 0.685. The molecule has 1 rings (SSSR count). The van der Waals surface area contributed by atoms with Gasteiger partial charge in [0.25, 0.3) is 0 Å². The van der Waals surface area contributed by atoms with E-state index in [1.165, 1.54) is 12.1 Å². The summed E-state index contributed by atoms with van der Waals surface area (Å²) >= 11 is 0. The van der Waals surface area contributed by atoms with E-state index in [0.29, 0.717) is 12.2 Å². The molecule has 0 fully saturated rings. The van der Waals surface area contributed by atoms with E-state index in [1.54, 1.807) is 13.0 Å². The predicted molar refractivity (Wildman–Crippen MR) is 67.2 cm³/mol. The van der Waals surface area contributed by atoms with Crippen LogP contribution in [0.1, 0.15) is 20.3 Å². The molecule has 94 valence electrons. The normalized spacial score (nSPS) is 11.9. The molecule has 0 aliphatic heterocycles. The van der Waals surface area contributed by atoms with E-state index < -0.39 is 11.9 Å². The zero-order chi connectivity index (χ0) is 12.8. The van der Waals surface area contributed by atoms with Crippen molar-refractivity contribution in [3.8, 4) is 0 Å². The Bertz CT molecular complexity index is 395. The van der Waals surface area contributed by atoms with Crippen LogP contribution in [0.4, 0.5) is 15.8 Å². The van der Waals surface area contributed by atoms with Gasteiger partial charge in [-0.25, -0.2) is 4.39 Å². The summed E-state index contributed by atoms with van der Waals surface area (Å²) in [6.45, 7) is 4.27. The minimum absolute atomic E-state index is 0.150. The number of nitrogen functional groups attached to an aromatic ring is 1. The SMILES string of the molecule is CCCNC(=O)C(C)Nc1ccc(N)cc1F. The molecule has 17 heavy (non-hydrogen) atoms. The number of nitrogens with two attached hydrogens (primary N) is 1.